The van der Waals surface area contributed by atoms with Gasteiger partial charge in [0.15, 0.2) is 11.3 Å². The van der Waals surface area contributed by atoms with E-state index in [-0.39, 0.29) is 18.5 Å². The van der Waals surface area contributed by atoms with Crippen molar-refractivity contribution in [3.63, 3.8) is 0 Å². The van der Waals surface area contributed by atoms with Gasteiger partial charge in [0.05, 0.1) is 0 Å². The Bertz CT molecular complexity index is 697. The van der Waals surface area contributed by atoms with Crippen molar-refractivity contribution < 1.29 is 28.6 Å². The molecule has 1 fully saturated rings. The number of ether oxygens (including phenoxy) is 1. The minimum Gasteiger partial charge on any atom is -0.479 e. The van der Waals surface area contributed by atoms with Crippen LogP contribution in [0.4, 0.5) is 9.18 Å². The minimum absolute atomic E-state index is 0.0802. The van der Waals surface area contributed by atoms with Crippen molar-refractivity contribution in [2.45, 2.75) is 51.2 Å². The Morgan fingerprint density at radius 2 is 2.00 bits per heavy atom. The second kappa shape index (κ2) is 6.82. The smallest absolute Gasteiger partial charge is 0.411 e. The molecule has 1 aliphatic heterocycles. The summed E-state index contributed by atoms with van der Waals surface area (Å²) in [6.45, 7) is 5.24. The first kappa shape index (κ1) is 18.9. The summed E-state index contributed by atoms with van der Waals surface area (Å²) in [4.78, 5) is 38.0. The number of aliphatic carboxylic acids is 1. The summed E-state index contributed by atoms with van der Waals surface area (Å²) in [5, 5.41) is 9.76. The zero-order chi connectivity index (χ0) is 18.8. The number of carbonyl (C=O) groups excluding carboxylic acids is 2. The summed E-state index contributed by atoms with van der Waals surface area (Å²) in [5.74, 6) is -2.37. The monoisotopic (exact) mass is 351 g/mol. The number of halogens is 1. The number of Topliss-reactive ketones (excluding diaryl/α,β-unsaturated/α-hetero) is 1. The van der Waals surface area contributed by atoms with Gasteiger partial charge in [0, 0.05) is 18.5 Å². The maximum atomic E-state index is 13.3. The third-order valence-corrected chi connectivity index (χ3v) is 4.10. The van der Waals surface area contributed by atoms with E-state index in [4.69, 9.17) is 4.74 Å². The van der Waals surface area contributed by atoms with Crippen molar-refractivity contribution in [3.8, 4) is 0 Å². The van der Waals surface area contributed by atoms with Crippen molar-refractivity contribution in [3.05, 3.63) is 35.6 Å². The standard InChI is InChI=1S/C18H22FNO5/c1-17(2,3)25-16(24)20-9-5-8-18(20,15(22)23)11-14(21)12-6-4-7-13(19)10-12/h4,6-7,10H,5,8-9,11H2,1-3H3,(H,22,23)/t18-/m0/s1. The van der Waals surface area contributed by atoms with E-state index in [0.29, 0.717) is 6.42 Å². The number of hydrogen-bond donors (Lipinski definition) is 1. The number of ketones is 1. The Hall–Kier alpha value is -2.44. The summed E-state index contributed by atoms with van der Waals surface area (Å²) in [5.41, 5.74) is -2.38. The van der Waals surface area contributed by atoms with E-state index in [1.54, 1.807) is 20.8 Å². The number of carbonyl (C=O) groups is 3. The number of nitrogens with zero attached hydrogens (tertiary/aromatic N) is 1. The van der Waals surface area contributed by atoms with Crippen molar-refractivity contribution in [1.29, 1.82) is 0 Å². The summed E-state index contributed by atoms with van der Waals surface area (Å²) in [6.07, 6.45) is -0.602. The maximum Gasteiger partial charge on any atom is 0.411 e. The number of carboxylic acids is 1. The lowest BCUT2D eigenvalue weighted by Crippen LogP contribution is -2.55. The van der Waals surface area contributed by atoms with E-state index in [9.17, 15) is 23.9 Å². The highest BCUT2D eigenvalue weighted by molar-refractivity contribution is 6.01. The molecule has 0 radical (unpaired) electrons. The van der Waals surface area contributed by atoms with Crippen LogP contribution in [0.1, 0.15) is 50.4 Å². The van der Waals surface area contributed by atoms with E-state index in [0.717, 1.165) is 11.0 Å². The van der Waals surface area contributed by atoms with Crippen molar-refractivity contribution in [2.24, 2.45) is 0 Å². The van der Waals surface area contributed by atoms with Gasteiger partial charge < -0.3 is 9.84 Å². The SMILES string of the molecule is CC(C)(C)OC(=O)N1CCC[C@]1(CC(=O)c1cccc(F)c1)C(=O)O. The summed E-state index contributed by atoms with van der Waals surface area (Å²) in [6, 6.07) is 5.07. The molecule has 6 nitrogen and oxygen atoms in total. The first-order valence-corrected chi connectivity index (χ1v) is 8.08. The Morgan fingerprint density at radius 1 is 1.32 bits per heavy atom. The van der Waals surface area contributed by atoms with Crippen molar-refractivity contribution >= 4 is 17.8 Å². The van der Waals surface area contributed by atoms with Crippen LogP contribution < -0.4 is 0 Å². The molecule has 1 aromatic carbocycles. The summed E-state index contributed by atoms with van der Waals surface area (Å²) >= 11 is 0. The van der Waals surface area contributed by atoms with E-state index in [1.165, 1.54) is 18.2 Å². The number of hydrogen-bond acceptors (Lipinski definition) is 4. The lowest BCUT2D eigenvalue weighted by molar-refractivity contribution is -0.149. The quantitative estimate of drug-likeness (QED) is 0.842. The average Bonchev–Trinajstić information content (AvgIpc) is 2.90. The molecule has 0 aromatic heterocycles. The third-order valence-electron chi connectivity index (χ3n) is 4.10. The first-order chi connectivity index (χ1) is 11.5. The molecule has 0 bridgehead atoms. The van der Waals surface area contributed by atoms with Gasteiger partial charge in [0.1, 0.15) is 11.4 Å². The van der Waals surface area contributed by atoms with Gasteiger partial charge in [-0.15, -0.1) is 0 Å². The number of benzene rings is 1. The van der Waals surface area contributed by atoms with Crippen molar-refractivity contribution in [1.82, 2.24) is 4.90 Å². The molecule has 1 saturated heterocycles. The van der Waals surface area contributed by atoms with Gasteiger partial charge in [-0.3, -0.25) is 9.69 Å². The van der Waals surface area contributed by atoms with Crippen LogP contribution in [0.2, 0.25) is 0 Å². The van der Waals surface area contributed by atoms with Crippen LogP contribution in [0.25, 0.3) is 0 Å². The van der Waals surface area contributed by atoms with Gasteiger partial charge in [-0.05, 0) is 45.7 Å². The molecule has 7 heteroatoms. The fraction of sp³-hybridized carbons (Fsp3) is 0.500. The van der Waals surface area contributed by atoms with Crippen LogP contribution in [-0.4, -0.2) is 45.5 Å². The number of likely N-dealkylation sites (tertiary alicyclic amines) is 1. The zero-order valence-corrected chi connectivity index (χ0v) is 14.5. The van der Waals surface area contributed by atoms with E-state index < -0.39 is 41.2 Å². The van der Waals surface area contributed by atoms with Crippen LogP contribution in [0, 0.1) is 5.82 Å². The summed E-state index contributed by atoms with van der Waals surface area (Å²) < 4.78 is 18.6. The normalized spacial score (nSPS) is 20.4. The van der Waals surface area contributed by atoms with Crippen molar-refractivity contribution in [2.75, 3.05) is 6.54 Å². The lowest BCUT2D eigenvalue weighted by Gasteiger charge is -2.35. The second-order valence-corrected chi connectivity index (χ2v) is 7.18. The highest BCUT2D eigenvalue weighted by Gasteiger charge is 2.52. The average molecular weight is 351 g/mol. The Morgan fingerprint density at radius 3 is 2.56 bits per heavy atom. The van der Waals surface area contributed by atoms with E-state index >= 15 is 0 Å². The largest absolute Gasteiger partial charge is 0.479 e. The minimum atomic E-state index is -1.67. The van der Waals surface area contributed by atoms with Crippen LogP contribution in [0.15, 0.2) is 24.3 Å². The van der Waals surface area contributed by atoms with Gasteiger partial charge in [-0.1, -0.05) is 12.1 Å². The van der Waals surface area contributed by atoms with E-state index in [1.807, 2.05) is 0 Å². The Labute approximate surface area is 145 Å². The molecule has 1 amide bonds. The lowest BCUT2D eigenvalue weighted by atomic mass is 9.88. The molecule has 2 rings (SSSR count). The predicted octanol–water partition coefficient (Wildman–Crippen LogP) is 3.25. The molecule has 1 aliphatic rings. The van der Waals surface area contributed by atoms with Crippen LogP contribution in [0.3, 0.4) is 0 Å². The molecule has 0 aliphatic carbocycles. The third kappa shape index (κ3) is 4.15. The molecule has 0 unspecified atom stereocenters. The molecule has 0 spiro atoms. The maximum absolute atomic E-state index is 13.3. The molecule has 1 heterocycles. The molecule has 1 N–H and O–H groups in total. The zero-order valence-electron chi connectivity index (χ0n) is 14.5. The van der Waals surface area contributed by atoms with Crippen LogP contribution >= 0.6 is 0 Å². The highest BCUT2D eigenvalue weighted by atomic mass is 19.1. The molecular formula is C18H22FNO5. The van der Waals surface area contributed by atoms with E-state index in [2.05, 4.69) is 0 Å². The second-order valence-electron chi connectivity index (χ2n) is 7.18. The van der Waals surface area contributed by atoms with Gasteiger partial charge in [0.25, 0.3) is 0 Å². The number of carboxylic acid groups (broad SMARTS) is 1. The van der Waals surface area contributed by atoms with Gasteiger partial charge in [-0.2, -0.15) is 0 Å². The fourth-order valence-corrected chi connectivity index (χ4v) is 2.97. The van der Waals surface area contributed by atoms with Gasteiger partial charge >= 0.3 is 12.1 Å². The topological polar surface area (TPSA) is 83.9 Å². The van der Waals surface area contributed by atoms with Crippen LogP contribution in [0.5, 0.6) is 0 Å². The molecular weight excluding hydrogens is 329 g/mol. The molecule has 0 saturated carbocycles. The molecule has 1 atom stereocenters. The Balaban J connectivity index is 2.29. The molecule has 25 heavy (non-hydrogen) atoms. The number of amides is 1. The number of rotatable bonds is 4. The highest BCUT2D eigenvalue weighted by Crippen LogP contribution is 2.35. The van der Waals surface area contributed by atoms with Crippen LogP contribution in [-0.2, 0) is 9.53 Å². The Kier molecular flexibility index (Phi) is 5.15. The summed E-state index contributed by atoms with van der Waals surface area (Å²) in [7, 11) is 0. The molecule has 1 aromatic rings. The predicted molar refractivity (Wildman–Crippen MR) is 87.9 cm³/mol. The molecule has 136 valence electrons. The first-order valence-electron chi connectivity index (χ1n) is 8.08. The van der Waals surface area contributed by atoms with Gasteiger partial charge in [0.2, 0.25) is 0 Å². The fourth-order valence-electron chi connectivity index (χ4n) is 2.97. The van der Waals surface area contributed by atoms with Gasteiger partial charge in [-0.25, -0.2) is 14.0 Å².